The number of aryl methyl sites for hydroxylation is 1. The number of nitrogens with zero attached hydrogens (tertiary/aromatic N) is 1. The standard InChI is InChI=1S/C17H22N2O2/c1-4-9-19-15(10-12(2)14(11-18)17(19)20)13-7-5-6-8-16(13)21-3/h5-8,10H,4,9,11,18H2,1-3H3. The van der Waals surface area contributed by atoms with Crippen molar-refractivity contribution >= 4 is 0 Å². The van der Waals surface area contributed by atoms with E-state index in [0.717, 1.165) is 29.0 Å². The van der Waals surface area contributed by atoms with Crippen LogP contribution in [0.25, 0.3) is 11.3 Å². The Hall–Kier alpha value is -2.07. The molecule has 0 saturated carbocycles. The molecule has 1 aromatic carbocycles. The Balaban J connectivity index is 2.76. The molecule has 0 amide bonds. The van der Waals surface area contributed by atoms with E-state index >= 15 is 0 Å². The second-order valence-corrected chi connectivity index (χ2v) is 5.05. The number of hydrogen-bond donors (Lipinski definition) is 1. The minimum absolute atomic E-state index is 0.000237. The van der Waals surface area contributed by atoms with Gasteiger partial charge in [0.1, 0.15) is 5.75 Å². The SMILES string of the molecule is CCCn1c(-c2ccccc2OC)cc(C)c(CN)c1=O. The molecule has 0 radical (unpaired) electrons. The molecule has 2 aromatic rings. The van der Waals surface area contributed by atoms with E-state index in [4.69, 9.17) is 10.5 Å². The molecule has 0 fully saturated rings. The van der Waals surface area contributed by atoms with Crippen LogP contribution in [0, 0.1) is 6.92 Å². The first kappa shape index (κ1) is 15.3. The summed E-state index contributed by atoms with van der Waals surface area (Å²) in [7, 11) is 1.64. The highest BCUT2D eigenvalue weighted by atomic mass is 16.5. The number of aromatic nitrogens is 1. The van der Waals surface area contributed by atoms with Crippen LogP contribution in [-0.4, -0.2) is 11.7 Å². The highest BCUT2D eigenvalue weighted by molar-refractivity contribution is 5.68. The number of ether oxygens (including phenoxy) is 1. The Morgan fingerprint density at radius 3 is 2.62 bits per heavy atom. The molecular formula is C17H22N2O2. The first-order valence-electron chi connectivity index (χ1n) is 7.20. The van der Waals surface area contributed by atoms with E-state index < -0.39 is 0 Å². The van der Waals surface area contributed by atoms with Gasteiger partial charge in [-0.3, -0.25) is 4.79 Å². The van der Waals surface area contributed by atoms with Crippen molar-refractivity contribution in [1.29, 1.82) is 0 Å². The van der Waals surface area contributed by atoms with Crippen molar-refractivity contribution in [2.45, 2.75) is 33.4 Å². The number of nitrogens with two attached hydrogens (primary N) is 1. The van der Waals surface area contributed by atoms with Crippen LogP contribution in [0.4, 0.5) is 0 Å². The lowest BCUT2D eigenvalue weighted by molar-refractivity contribution is 0.416. The van der Waals surface area contributed by atoms with Crippen LogP contribution in [0.15, 0.2) is 35.1 Å². The smallest absolute Gasteiger partial charge is 0.255 e. The number of para-hydroxylation sites is 1. The first-order chi connectivity index (χ1) is 10.1. The number of pyridine rings is 1. The molecule has 2 rings (SSSR count). The average Bonchev–Trinajstić information content (AvgIpc) is 2.50. The fourth-order valence-electron chi connectivity index (χ4n) is 2.58. The molecular weight excluding hydrogens is 264 g/mol. The van der Waals surface area contributed by atoms with Gasteiger partial charge in [-0.25, -0.2) is 0 Å². The molecule has 0 aliphatic heterocycles. The Morgan fingerprint density at radius 2 is 2.00 bits per heavy atom. The van der Waals surface area contributed by atoms with Gasteiger partial charge in [-0.05, 0) is 37.1 Å². The van der Waals surface area contributed by atoms with Crippen LogP contribution >= 0.6 is 0 Å². The maximum Gasteiger partial charge on any atom is 0.255 e. The first-order valence-corrected chi connectivity index (χ1v) is 7.20. The van der Waals surface area contributed by atoms with E-state index in [2.05, 4.69) is 6.92 Å². The molecule has 4 nitrogen and oxygen atoms in total. The molecule has 0 aliphatic rings. The van der Waals surface area contributed by atoms with Crippen molar-refractivity contribution in [3.8, 4) is 17.0 Å². The van der Waals surface area contributed by atoms with E-state index in [-0.39, 0.29) is 12.1 Å². The Labute approximate surface area is 125 Å². The highest BCUT2D eigenvalue weighted by Gasteiger charge is 2.15. The van der Waals surface area contributed by atoms with Crippen LogP contribution in [0.3, 0.4) is 0 Å². The summed E-state index contributed by atoms with van der Waals surface area (Å²) in [6, 6.07) is 9.78. The van der Waals surface area contributed by atoms with Gasteiger partial charge in [0.05, 0.1) is 12.8 Å². The van der Waals surface area contributed by atoms with E-state index in [1.807, 2.05) is 37.3 Å². The minimum atomic E-state index is 0.000237. The van der Waals surface area contributed by atoms with Gasteiger partial charge in [0.2, 0.25) is 0 Å². The molecule has 21 heavy (non-hydrogen) atoms. The quantitative estimate of drug-likeness (QED) is 0.919. The maximum atomic E-state index is 12.6. The van der Waals surface area contributed by atoms with Gasteiger partial charge in [-0.1, -0.05) is 19.1 Å². The molecule has 2 N–H and O–H groups in total. The number of hydrogen-bond acceptors (Lipinski definition) is 3. The van der Waals surface area contributed by atoms with Gasteiger partial charge in [0.25, 0.3) is 5.56 Å². The van der Waals surface area contributed by atoms with E-state index in [9.17, 15) is 4.79 Å². The van der Waals surface area contributed by atoms with Crippen molar-refractivity contribution in [3.63, 3.8) is 0 Å². The lowest BCUT2D eigenvalue weighted by atomic mass is 10.0. The maximum absolute atomic E-state index is 12.6. The predicted molar refractivity (Wildman–Crippen MR) is 85.6 cm³/mol. The highest BCUT2D eigenvalue weighted by Crippen LogP contribution is 2.30. The van der Waals surface area contributed by atoms with Crippen molar-refractivity contribution in [3.05, 3.63) is 51.8 Å². The zero-order chi connectivity index (χ0) is 15.4. The van der Waals surface area contributed by atoms with Crippen LogP contribution in [0.5, 0.6) is 5.75 Å². The van der Waals surface area contributed by atoms with Gasteiger partial charge >= 0.3 is 0 Å². The zero-order valence-corrected chi connectivity index (χ0v) is 12.8. The third-order valence-electron chi connectivity index (χ3n) is 3.66. The molecule has 112 valence electrons. The second kappa shape index (κ2) is 6.59. The third kappa shape index (κ3) is 2.85. The minimum Gasteiger partial charge on any atom is -0.496 e. The van der Waals surface area contributed by atoms with Crippen LogP contribution in [-0.2, 0) is 13.1 Å². The monoisotopic (exact) mass is 286 g/mol. The average molecular weight is 286 g/mol. The largest absolute Gasteiger partial charge is 0.496 e. The summed E-state index contributed by atoms with van der Waals surface area (Å²) in [4.78, 5) is 12.6. The zero-order valence-electron chi connectivity index (χ0n) is 12.8. The van der Waals surface area contributed by atoms with Gasteiger partial charge in [0, 0.05) is 24.2 Å². The molecule has 0 aliphatic carbocycles. The lowest BCUT2D eigenvalue weighted by Gasteiger charge is -2.17. The van der Waals surface area contributed by atoms with Crippen LogP contribution in [0.2, 0.25) is 0 Å². The lowest BCUT2D eigenvalue weighted by Crippen LogP contribution is -2.28. The molecule has 0 spiro atoms. The molecule has 1 heterocycles. The topological polar surface area (TPSA) is 57.2 Å². The van der Waals surface area contributed by atoms with Crippen molar-refractivity contribution < 1.29 is 4.74 Å². The molecule has 0 atom stereocenters. The predicted octanol–water partition coefficient (Wildman–Crippen LogP) is 2.70. The molecule has 0 unspecified atom stereocenters. The summed E-state index contributed by atoms with van der Waals surface area (Å²) in [5.74, 6) is 0.765. The summed E-state index contributed by atoms with van der Waals surface area (Å²) in [6.45, 7) is 4.92. The molecule has 0 bridgehead atoms. The number of rotatable bonds is 5. The second-order valence-electron chi connectivity index (χ2n) is 5.05. The van der Waals surface area contributed by atoms with Crippen molar-refractivity contribution in [1.82, 2.24) is 4.57 Å². The molecule has 1 aromatic heterocycles. The number of benzene rings is 1. The Morgan fingerprint density at radius 1 is 1.29 bits per heavy atom. The van der Waals surface area contributed by atoms with Gasteiger partial charge < -0.3 is 15.0 Å². The van der Waals surface area contributed by atoms with Crippen molar-refractivity contribution in [2.24, 2.45) is 5.73 Å². The Kier molecular flexibility index (Phi) is 4.81. The fourth-order valence-corrected chi connectivity index (χ4v) is 2.58. The third-order valence-corrected chi connectivity index (χ3v) is 3.66. The summed E-state index contributed by atoms with van der Waals surface area (Å²) in [5.41, 5.74) is 9.14. The van der Waals surface area contributed by atoms with Gasteiger partial charge in [0.15, 0.2) is 0 Å². The summed E-state index contributed by atoms with van der Waals surface area (Å²) >= 11 is 0. The van der Waals surface area contributed by atoms with Crippen LogP contribution < -0.4 is 16.0 Å². The normalized spacial score (nSPS) is 10.7. The van der Waals surface area contributed by atoms with Crippen molar-refractivity contribution in [2.75, 3.05) is 7.11 Å². The fraction of sp³-hybridized carbons (Fsp3) is 0.353. The van der Waals surface area contributed by atoms with E-state index in [0.29, 0.717) is 12.1 Å². The summed E-state index contributed by atoms with van der Waals surface area (Å²) < 4.78 is 7.23. The van der Waals surface area contributed by atoms with Gasteiger partial charge in [-0.2, -0.15) is 0 Å². The summed E-state index contributed by atoms with van der Waals surface area (Å²) in [5, 5.41) is 0. The summed E-state index contributed by atoms with van der Waals surface area (Å²) in [6.07, 6.45) is 0.884. The molecule has 0 saturated heterocycles. The van der Waals surface area contributed by atoms with Crippen LogP contribution in [0.1, 0.15) is 24.5 Å². The van der Waals surface area contributed by atoms with Gasteiger partial charge in [-0.15, -0.1) is 0 Å². The van der Waals surface area contributed by atoms with E-state index in [1.165, 1.54) is 0 Å². The number of methoxy groups -OCH3 is 1. The van der Waals surface area contributed by atoms with E-state index in [1.54, 1.807) is 11.7 Å². The Bertz CT molecular complexity index is 690. The molecule has 4 heteroatoms.